The number of nitrogens with one attached hydrogen (secondary N) is 1. The topological polar surface area (TPSA) is 63.2 Å². The monoisotopic (exact) mass is 301 g/mol. The van der Waals surface area contributed by atoms with Crippen LogP contribution in [0.1, 0.15) is 15.9 Å². The van der Waals surface area contributed by atoms with E-state index < -0.39 is 19.8 Å². The molecule has 1 aromatic carbocycles. The van der Waals surface area contributed by atoms with Crippen molar-refractivity contribution in [1.82, 2.24) is 5.32 Å². The van der Waals surface area contributed by atoms with Gasteiger partial charge in [-0.25, -0.2) is 0 Å². The van der Waals surface area contributed by atoms with Crippen molar-refractivity contribution >= 4 is 20.2 Å². The predicted molar refractivity (Wildman–Crippen MR) is 81.3 cm³/mol. The van der Waals surface area contributed by atoms with Crippen molar-refractivity contribution in [3.05, 3.63) is 35.4 Å². The zero-order chi connectivity index (χ0) is 14.8. The molecule has 19 heavy (non-hydrogen) atoms. The molecule has 0 bridgehead atoms. The maximum absolute atomic E-state index is 12.2. The average molecular weight is 301 g/mol. The molecule has 1 aromatic rings. The number of hydrogen-bond donors (Lipinski definition) is 1. The summed E-state index contributed by atoms with van der Waals surface area (Å²) in [6, 6.07) is 7.07. The molecule has 0 heterocycles. The molecule has 106 valence electrons. The zero-order valence-corrected chi connectivity index (χ0v) is 13.8. The second kappa shape index (κ2) is 5.64. The molecular formula is C13H21NO3P2. The fraction of sp³-hybridized carbons (Fsp3) is 0.462. The summed E-state index contributed by atoms with van der Waals surface area (Å²) in [7, 11) is -5.35. The molecule has 0 saturated heterocycles. The maximum atomic E-state index is 12.2. The smallest absolute Gasteiger partial charge is 0.252 e. The van der Waals surface area contributed by atoms with E-state index in [0.29, 0.717) is 5.56 Å². The van der Waals surface area contributed by atoms with E-state index in [2.05, 4.69) is 5.32 Å². The first-order valence-corrected chi connectivity index (χ1v) is 11.3. The standard InChI is InChI=1S/C13H21NO3P2/c1-10-6-8-11(9-7-10)12(15)14-13(18(2,3)16)19(4,5)17/h6-9,13H,1-5H3,(H,14,15). The van der Waals surface area contributed by atoms with Crippen LogP contribution in [0.25, 0.3) is 0 Å². The van der Waals surface area contributed by atoms with Gasteiger partial charge in [-0.3, -0.25) is 4.79 Å². The fourth-order valence-corrected chi connectivity index (χ4v) is 8.10. The van der Waals surface area contributed by atoms with Crippen molar-refractivity contribution < 1.29 is 13.9 Å². The normalized spacial score (nSPS) is 12.5. The van der Waals surface area contributed by atoms with E-state index in [-0.39, 0.29) is 5.91 Å². The third kappa shape index (κ3) is 4.63. The molecule has 0 aliphatic rings. The van der Waals surface area contributed by atoms with Crippen LogP contribution in [0.5, 0.6) is 0 Å². The lowest BCUT2D eigenvalue weighted by Gasteiger charge is -2.26. The van der Waals surface area contributed by atoms with Crippen molar-refractivity contribution in [1.29, 1.82) is 0 Å². The summed E-state index contributed by atoms with van der Waals surface area (Å²) in [6.45, 7) is 8.13. The van der Waals surface area contributed by atoms with Gasteiger partial charge in [0, 0.05) is 5.56 Å². The number of hydrogen-bond acceptors (Lipinski definition) is 3. The SMILES string of the molecule is Cc1ccc(C(=O)NC(P(C)(C)=O)P(C)(C)=O)cc1. The Morgan fingerprint density at radius 1 is 1.00 bits per heavy atom. The Balaban J connectivity index is 2.99. The molecule has 0 fully saturated rings. The summed E-state index contributed by atoms with van der Waals surface area (Å²) >= 11 is 0. The Morgan fingerprint density at radius 2 is 1.42 bits per heavy atom. The second-order valence-corrected chi connectivity index (χ2v) is 12.8. The van der Waals surface area contributed by atoms with Crippen molar-refractivity contribution in [2.75, 3.05) is 26.7 Å². The van der Waals surface area contributed by atoms with Crippen LogP contribution in [0, 0.1) is 6.92 Å². The molecule has 1 amide bonds. The Bertz CT molecular complexity index is 532. The Kier molecular flexibility index (Phi) is 4.81. The van der Waals surface area contributed by atoms with Crippen LogP contribution >= 0.6 is 14.3 Å². The van der Waals surface area contributed by atoms with Gasteiger partial charge in [-0.15, -0.1) is 0 Å². The predicted octanol–water partition coefficient (Wildman–Crippen LogP) is 3.25. The Labute approximate surface area is 114 Å². The van der Waals surface area contributed by atoms with Crippen LogP contribution in [0.15, 0.2) is 24.3 Å². The molecule has 0 spiro atoms. The highest BCUT2D eigenvalue weighted by Gasteiger charge is 2.35. The highest BCUT2D eigenvalue weighted by Crippen LogP contribution is 2.59. The van der Waals surface area contributed by atoms with Gasteiger partial charge in [-0.1, -0.05) is 17.7 Å². The van der Waals surface area contributed by atoms with Gasteiger partial charge in [0.1, 0.15) is 19.8 Å². The van der Waals surface area contributed by atoms with Crippen molar-refractivity contribution in [3.63, 3.8) is 0 Å². The quantitative estimate of drug-likeness (QED) is 0.868. The van der Waals surface area contributed by atoms with Gasteiger partial charge in [-0.2, -0.15) is 0 Å². The van der Waals surface area contributed by atoms with Crippen molar-refractivity contribution in [3.8, 4) is 0 Å². The third-order valence-electron chi connectivity index (χ3n) is 2.75. The van der Waals surface area contributed by atoms with E-state index in [4.69, 9.17) is 0 Å². The minimum Gasteiger partial charge on any atom is -0.336 e. The highest BCUT2D eigenvalue weighted by molar-refractivity contribution is 7.80. The molecular weight excluding hydrogens is 280 g/mol. The van der Waals surface area contributed by atoms with E-state index in [1.54, 1.807) is 38.8 Å². The first-order valence-electron chi connectivity index (χ1n) is 5.98. The minimum atomic E-state index is -2.68. The molecule has 0 saturated carbocycles. The molecule has 0 unspecified atom stereocenters. The zero-order valence-electron chi connectivity index (χ0n) is 12.0. The van der Waals surface area contributed by atoms with Gasteiger partial charge in [0.05, 0.1) is 0 Å². The molecule has 0 aliphatic carbocycles. The number of carbonyl (C=O) groups is 1. The molecule has 6 heteroatoms. The van der Waals surface area contributed by atoms with E-state index in [1.807, 2.05) is 19.1 Å². The molecule has 0 radical (unpaired) electrons. The van der Waals surface area contributed by atoms with Crippen molar-refractivity contribution in [2.24, 2.45) is 0 Å². The van der Waals surface area contributed by atoms with E-state index >= 15 is 0 Å². The average Bonchev–Trinajstić information content (AvgIpc) is 2.23. The lowest BCUT2D eigenvalue weighted by atomic mass is 10.1. The number of aryl methyl sites for hydroxylation is 1. The van der Waals surface area contributed by atoms with Gasteiger partial charge in [0.2, 0.25) is 0 Å². The Morgan fingerprint density at radius 3 is 1.79 bits per heavy atom. The van der Waals surface area contributed by atoms with Gasteiger partial charge >= 0.3 is 0 Å². The van der Waals surface area contributed by atoms with E-state index in [1.165, 1.54) is 0 Å². The Hall–Kier alpha value is -0.850. The van der Waals surface area contributed by atoms with Crippen molar-refractivity contribution in [2.45, 2.75) is 12.4 Å². The maximum Gasteiger partial charge on any atom is 0.252 e. The van der Waals surface area contributed by atoms with Crippen LogP contribution in [0.4, 0.5) is 0 Å². The fourth-order valence-electron chi connectivity index (χ4n) is 1.89. The lowest BCUT2D eigenvalue weighted by molar-refractivity contribution is 0.0955. The first kappa shape index (κ1) is 16.2. The number of rotatable bonds is 4. The van der Waals surface area contributed by atoms with Crippen LogP contribution < -0.4 is 5.32 Å². The summed E-state index contributed by atoms with van der Waals surface area (Å²) in [5.74, 6) is -0.335. The number of carbonyl (C=O) groups excluding carboxylic acids is 1. The first-order chi connectivity index (χ1) is 8.51. The number of amides is 1. The molecule has 0 atom stereocenters. The third-order valence-corrected chi connectivity index (χ3v) is 8.70. The van der Waals surface area contributed by atoms with Crippen LogP contribution in [0.2, 0.25) is 0 Å². The molecule has 4 nitrogen and oxygen atoms in total. The van der Waals surface area contributed by atoms with Crippen LogP contribution in [-0.2, 0) is 9.13 Å². The van der Waals surface area contributed by atoms with Gasteiger partial charge < -0.3 is 14.4 Å². The van der Waals surface area contributed by atoms with Crippen LogP contribution in [0.3, 0.4) is 0 Å². The summed E-state index contributed by atoms with van der Waals surface area (Å²) in [5, 5.41) is 2.67. The molecule has 0 aliphatic heterocycles. The summed E-state index contributed by atoms with van der Waals surface area (Å²) < 4.78 is 24.4. The molecule has 1 rings (SSSR count). The van der Waals surface area contributed by atoms with Gasteiger partial charge in [-0.05, 0) is 45.7 Å². The van der Waals surface area contributed by atoms with Crippen LogP contribution in [-0.4, -0.2) is 38.1 Å². The molecule has 1 N–H and O–H groups in total. The number of benzene rings is 1. The lowest BCUT2D eigenvalue weighted by Crippen LogP contribution is -2.34. The largest absolute Gasteiger partial charge is 0.336 e. The second-order valence-electron chi connectivity index (χ2n) is 5.58. The van der Waals surface area contributed by atoms with Gasteiger partial charge in [0.15, 0.2) is 0 Å². The summed E-state index contributed by atoms with van der Waals surface area (Å²) in [6.07, 6.45) is 0. The minimum absolute atomic E-state index is 0.335. The molecule has 0 aromatic heterocycles. The van der Waals surface area contributed by atoms with Gasteiger partial charge in [0.25, 0.3) is 5.91 Å². The summed E-state index contributed by atoms with van der Waals surface area (Å²) in [4.78, 5) is 12.1. The van der Waals surface area contributed by atoms with E-state index in [9.17, 15) is 13.9 Å². The summed E-state index contributed by atoms with van der Waals surface area (Å²) in [5.41, 5.74) is 0.771. The van der Waals surface area contributed by atoms with E-state index in [0.717, 1.165) is 5.56 Å². The highest BCUT2D eigenvalue weighted by atomic mass is 31.2.